The number of fused-ring (bicyclic) bond motifs is 1. The van der Waals surface area contributed by atoms with Gasteiger partial charge in [-0.2, -0.15) is 0 Å². The summed E-state index contributed by atoms with van der Waals surface area (Å²) in [7, 11) is 0. The van der Waals surface area contributed by atoms with Crippen molar-refractivity contribution in [3.05, 3.63) is 41.2 Å². The van der Waals surface area contributed by atoms with Crippen molar-refractivity contribution < 1.29 is 4.39 Å². The Morgan fingerprint density at radius 3 is 2.88 bits per heavy atom. The summed E-state index contributed by atoms with van der Waals surface area (Å²) in [5.41, 5.74) is 0. The second kappa shape index (κ2) is 5.44. The molecule has 1 aromatic carbocycles. The average molecular weight is 235 g/mol. The van der Waals surface area contributed by atoms with E-state index >= 15 is 0 Å². The Bertz CT molecular complexity index is 459. The molecular formula is C14H16FS. The number of hydrogen-bond donors (Lipinski definition) is 0. The van der Waals surface area contributed by atoms with Crippen LogP contribution in [0.4, 0.5) is 4.39 Å². The molecule has 1 aromatic heterocycles. The molecule has 0 fully saturated rings. The van der Waals surface area contributed by atoms with Gasteiger partial charge in [0.2, 0.25) is 0 Å². The molecule has 0 aliphatic rings. The molecule has 2 rings (SSSR count). The van der Waals surface area contributed by atoms with Crippen LogP contribution in [0.2, 0.25) is 0 Å². The third-order valence-corrected chi connectivity index (χ3v) is 3.87. The van der Waals surface area contributed by atoms with E-state index in [4.69, 9.17) is 0 Å². The third kappa shape index (κ3) is 2.43. The molecule has 16 heavy (non-hydrogen) atoms. The SMILES string of the molecule is [CH2]CCCCCc1scc2cccc(F)c12. The van der Waals surface area contributed by atoms with E-state index in [9.17, 15) is 4.39 Å². The molecule has 0 saturated carbocycles. The van der Waals surface area contributed by atoms with Gasteiger partial charge in [-0.15, -0.1) is 11.3 Å². The van der Waals surface area contributed by atoms with Crippen LogP contribution in [0.25, 0.3) is 10.8 Å². The quantitative estimate of drug-likeness (QED) is 0.641. The third-order valence-electron chi connectivity index (χ3n) is 2.81. The first-order valence-electron chi connectivity index (χ1n) is 5.77. The van der Waals surface area contributed by atoms with Gasteiger partial charge >= 0.3 is 0 Å². The monoisotopic (exact) mass is 235 g/mol. The molecule has 0 N–H and O–H groups in total. The van der Waals surface area contributed by atoms with Crippen LogP contribution in [-0.2, 0) is 6.42 Å². The second-order valence-corrected chi connectivity index (χ2v) is 4.99. The van der Waals surface area contributed by atoms with E-state index in [0.29, 0.717) is 0 Å². The van der Waals surface area contributed by atoms with Crippen LogP contribution in [0.3, 0.4) is 0 Å². The summed E-state index contributed by atoms with van der Waals surface area (Å²) in [6.45, 7) is 3.83. The fourth-order valence-corrected chi connectivity index (χ4v) is 3.01. The van der Waals surface area contributed by atoms with E-state index < -0.39 is 0 Å². The van der Waals surface area contributed by atoms with Crippen molar-refractivity contribution in [1.29, 1.82) is 0 Å². The molecule has 0 nitrogen and oxygen atoms in total. The minimum atomic E-state index is -0.0779. The van der Waals surface area contributed by atoms with Gasteiger partial charge in [0.05, 0.1) is 0 Å². The molecule has 2 aromatic rings. The van der Waals surface area contributed by atoms with E-state index in [-0.39, 0.29) is 5.82 Å². The normalized spacial score (nSPS) is 11.1. The molecule has 0 aliphatic heterocycles. The maximum atomic E-state index is 13.7. The zero-order valence-corrected chi connectivity index (χ0v) is 10.2. The van der Waals surface area contributed by atoms with Crippen molar-refractivity contribution in [2.75, 3.05) is 0 Å². The standard InChI is InChI=1S/C14H16FS/c1-2-3-4-5-9-13-14-11(10-16-13)7-6-8-12(14)15/h6-8,10H,1-5,9H2. The number of hydrogen-bond acceptors (Lipinski definition) is 1. The number of unbranched alkanes of at least 4 members (excludes halogenated alkanes) is 3. The van der Waals surface area contributed by atoms with Gasteiger partial charge in [-0.3, -0.25) is 0 Å². The second-order valence-electron chi connectivity index (χ2n) is 4.03. The fourth-order valence-electron chi connectivity index (χ4n) is 1.95. The lowest BCUT2D eigenvalue weighted by atomic mass is 10.1. The highest BCUT2D eigenvalue weighted by molar-refractivity contribution is 7.11. The predicted octanol–water partition coefficient (Wildman–Crippen LogP) is 4.98. The van der Waals surface area contributed by atoms with Crippen LogP contribution >= 0.6 is 11.3 Å². The van der Waals surface area contributed by atoms with Gasteiger partial charge in [-0.1, -0.05) is 38.3 Å². The lowest BCUT2D eigenvalue weighted by Crippen LogP contribution is -1.85. The van der Waals surface area contributed by atoms with Crippen LogP contribution in [0.5, 0.6) is 0 Å². The number of halogens is 1. The van der Waals surface area contributed by atoms with Crippen molar-refractivity contribution in [3.8, 4) is 0 Å². The number of benzene rings is 1. The van der Waals surface area contributed by atoms with Crippen molar-refractivity contribution >= 4 is 22.1 Å². The summed E-state index contributed by atoms with van der Waals surface area (Å²) in [6.07, 6.45) is 5.50. The molecule has 0 amide bonds. The highest BCUT2D eigenvalue weighted by atomic mass is 32.1. The van der Waals surface area contributed by atoms with Crippen molar-refractivity contribution in [2.24, 2.45) is 0 Å². The number of rotatable bonds is 5. The average Bonchev–Trinajstić information content (AvgIpc) is 2.69. The molecule has 0 aliphatic carbocycles. The Morgan fingerprint density at radius 2 is 2.06 bits per heavy atom. The smallest absolute Gasteiger partial charge is 0.132 e. The fraction of sp³-hybridized carbons (Fsp3) is 0.357. The highest BCUT2D eigenvalue weighted by Gasteiger charge is 2.08. The maximum absolute atomic E-state index is 13.7. The molecule has 2 heteroatoms. The first kappa shape index (κ1) is 11.6. The van der Waals surface area contributed by atoms with E-state index in [1.807, 2.05) is 6.07 Å². The molecule has 1 radical (unpaired) electrons. The Kier molecular flexibility index (Phi) is 3.94. The molecule has 0 unspecified atom stereocenters. The van der Waals surface area contributed by atoms with Crippen LogP contribution in [0.1, 0.15) is 30.6 Å². The van der Waals surface area contributed by atoms with Gasteiger partial charge in [0.1, 0.15) is 5.82 Å². The van der Waals surface area contributed by atoms with Gasteiger partial charge in [0.25, 0.3) is 0 Å². The maximum Gasteiger partial charge on any atom is 0.132 e. The molecule has 85 valence electrons. The minimum absolute atomic E-state index is 0.0779. The highest BCUT2D eigenvalue weighted by Crippen LogP contribution is 2.29. The summed E-state index contributed by atoms with van der Waals surface area (Å²) < 4.78 is 13.7. The molecule has 0 atom stereocenters. The van der Waals surface area contributed by atoms with E-state index in [2.05, 4.69) is 12.3 Å². The summed E-state index contributed by atoms with van der Waals surface area (Å²) in [4.78, 5) is 1.19. The first-order chi connectivity index (χ1) is 7.83. The zero-order chi connectivity index (χ0) is 11.4. The number of thiophene rings is 1. The van der Waals surface area contributed by atoms with Gasteiger partial charge < -0.3 is 0 Å². The Morgan fingerprint density at radius 1 is 1.19 bits per heavy atom. The van der Waals surface area contributed by atoms with E-state index in [1.54, 1.807) is 23.5 Å². The minimum Gasteiger partial charge on any atom is -0.206 e. The van der Waals surface area contributed by atoms with Gasteiger partial charge in [-0.25, -0.2) is 4.39 Å². The lowest BCUT2D eigenvalue weighted by Gasteiger charge is -2.00. The zero-order valence-electron chi connectivity index (χ0n) is 9.34. The van der Waals surface area contributed by atoms with Gasteiger partial charge in [0, 0.05) is 10.3 Å². The molecular weight excluding hydrogens is 219 g/mol. The Balaban J connectivity index is 2.12. The van der Waals surface area contributed by atoms with Crippen molar-refractivity contribution in [1.82, 2.24) is 0 Å². The van der Waals surface area contributed by atoms with Gasteiger partial charge in [-0.05, 0) is 29.7 Å². The molecule has 1 heterocycles. The van der Waals surface area contributed by atoms with Crippen LogP contribution in [-0.4, -0.2) is 0 Å². The molecule has 0 spiro atoms. The summed E-state index contributed by atoms with van der Waals surface area (Å²) in [6, 6.07) is 5.31. The Hall–Kier alpha value is -0.890. The largest absolute Gasteiger partial charge is 0.206 e. The number of aryl methyl sites for hydroxylation is 1. The van der Waals surface area contributed by atoms with Crippen molar-refractivity contribution in [2.45, 2.75) is 32.1 Å². The summed E-state index contributed by atoms with van der Waals surface area (Å²) in [5, 5.41) is 3.93. The topological polar surface area (TPSA) is 0 Å². The van der Waals surface area contributed by atoms with Crippen LogP contribution in [0, 0.1) is 12.7 Å². The summed E-state index contributed by atoms with van der Waals surface area (Å²) >= 11 is 1.68. The Labute approximate surface area is 100 Å². The first-order valence-corrected chi connectivity index (χ1v) is 6.64. The van der Waals surface area contributed by atoms with Crippen LogP contribution < -0.4 is 0 Å². The lowest BCUT2D eigenvalue weighted by molar-refractivity contribution is 0.637. The predicted molar refractivity (Wildman–Crippen MR) is 69.3 cm³/mol. The van der Waals surface area contributed by atoms with Crippen LogP contribution in [0.15, 0.2) is 23.6 Å². The molecule has 0 saturated heterocycles. The van der Waals surface area contributed by atoms with Gasteiger partial charge in [0.15, 0.2) is 0 Å². The van der Waals surface area contributed by atoms with E-state index in [1.165, 1.54) is 17.7 Å². The molecule has 0 bridgehead atoms. The van der Waals surface area contributed by atoms with E-state index in [0.717, 1.165) is 30.0 Å². The summed E-state index contributed by atoms with van der Waals surface area (Å²) in [5.74, 6) is -0.0779. The van der Waals surface area contributed by atoms with Crippen molar-refractivity contribution in [3.63, 3.8) is 0 Å².